The Hall–Kier alpha value is -2.93. The molecule has 0 saturated carbocycles. The maximum Gasteiger partial charge on any atom is 0.225 e. The van der Waals surface area contributed by atoms with Gasteiger partial charge in [0.1, 0.15) is 5.82 Å². The van der Waals surface area contributed by atoms with E-state index >= 15 is 0 Å². The summed E-state index contributed by atoms with van der Waals surface area (Å²) in [6.45, 7) is 1.40. The number of primary amides is 1. The van der Waals surface area contributed by atoms with Crippen molar-refractivity contribution in [2.75, 3.05) is 18.0 Å². The number of nitrogens with zero attached hydrogens (tertiary/aromatic N) is 4. The summed E-state index contributed by atoms with van der Waals surface area (Å²) >= 11 is 6.03. The summed E-state index contributed by atoms with van der Waals surface area (Å²) < 4.78 is 0. The van der Waals surface area contributed by atoms with Crippen LogP contribution < -0.4 is 10.6 Å². The second-order valence-electron chi connectivity index (χ2n) is 6.54. The molecule has 138 valence electrons. The molecule has 3 N–H and O–H groups in total. The molecule has 1 aliphatic rings. The van der Waals surface area contributed by atoms with Gasteiger partial charge >= 0.3 is 0 Å². The zero-order chi connectivity index (χ0) is 18.8. The number of carbonyl (C=O) groups excluding carboxylic acids is 1. The first-order chi connectivity index (χ1) is 13.1. The fraction of sp³-hybridized carbons (Fsp3) is 0.263. The van der Waals surface area contributed by atoms with E-state index in [1.807, 2.05) is 24.3 Å². The topological polar surface area (TPSA) is 101 Å². The van der Waals surface area contributed by atoms with Crippen LogP contribution in [0.15, 0.2) is 42.9 Å². The van der Waals surface area contributed by atoms with Crippen molar-refractivity contribution in [3.63, 3.8) is 0 Å². The Bertz CT molecular complexity index is 933. The van der Waals surface area contributed by atoms with Crippen LogP contribution in [0.4, 0.5) is 5.95 Å². The molecule has 0 radical (unpaired) electrons. The van der Waals surface area contributed by atoms with Crippen LogP contribution in [0.25, 0.3) is 22.6 Å². The highest BCUT2D eigenvalue weighted by molar-refractivity contribution is 6.30. The molecule has 0 spiro atoms. The van der Waals surface area contributed by atoms with Gasteiger partial charge in [-0.3, -0.25) is 4.79 Å². The first-order valence-electron chi connectivity index (χ1n) is 8.79. The van der Waals surface area contributed by atoms with Crippen LogP contribution in [0.2, 0.25) is 5.02 Å². The molecule has 3 aromatic rings. The zero-order valence-corrected chi connectivity index (χ0v) is 15.4. The minimum Gasteiger partial charge on any atom is -0.369 e. The van der Waals surface area contributed by atoms with Crippen LogP contribution in [0, 0.1) is 5.92 Å². The number of carbonyl (C=O) groups is 1. The average molecular weight is 383 g/mol. The van der Waals surface area contributed by atoms with Crippen molar-refractivity contribution in [2.45, 2.75) is 12.8 Å². The van der Waals surface area contributed by atoms with Gasteiger partial charge in [-0.1, -0.05) is 23.7 Å². The summed E-state index contributed by atoms with van der Waals surface area (Å²) in [5, 5.41) is 0.668. The Morgan fingerprint density at radius 3 is 2.56 bits per heavy atom. The molecule has 1 aliphatic heterocycles. The molecular weight excluding hydrogens is 364 g/mol. The first kappa shape index (κ1) is 17.5. The number of aromatic amines is 1. The van der Waals surface area contributed by atoms with Crippen LogP contribution in [0.3, 0.4) is 0 Å². The van der Waals surface area contributed by atoms with E-state index in [1.54, 1.807) is 18.6 Å². The summed E-state index contributed by atoms with van der Waals surface area (Å²) in [7, 11) is 0. The molecule has 0 bridgehead atoms. The van der Waals surface area contributed by atoms with Gasteiger partial charge in [0.2, 0.25) is 11.9 Å². The summed E-state index contributed by atoms with van der Waals surface area (Å²) in [6, 6.07) is 7.53. The lowest BCUT2D eigenvalue weighted by molar-refractivity contribution is -0.122. The molecule has 1 aromatic carbocycles. The highest BCUT2D eigenvalue weighted by Gasteiger charge is 2.25. The van der Waals surface area contributed by atoms with Gasteiger partial charge in [-0.25, -0.2) is 15.0 Å². The van der Waals surface area contributed by atoms with E-state index in [4.69, 9.17) is 22.3 Å². The minimum absolute atomic E-state index is 0.0700. The van der Waals surface area contributed by atoms with Crippen LogP contribution in [-0.2, 0) is 4.79 Å². The van der Waals surface area contributed by atoms with Crippen LogP contribution in [-0.4, -0.2) is 38.9 Å². The lowest BCUT2D eigenvalue weighted by atomic mass is 9.96. The number of H-pyrrole nitrogens is 1. The summed E-state index contributed by atoms with van der Waals surface area (Å²) in [6.07, 6.45) is 6.68. The smallest absolute Gasteiger partial charge is 0.225 e. The van der Waals surface area contributed by atoms with Crippen LogP contribution in [0.5, 0.6) is 0 Å². The molecule has 7 nitrogen and oxygen atoms in total. The van der Waals surface area contributed by atoms with E-state index in [0.717, 1.165) is 29.7 Å². The molecule has 27 heavy (non-hydrogen) atoms. The second-order valence-corrected chi connectivity index (χ2v) is 6.98. The molecule has 0 unspecified atom stereocenters. The number of piperidine rings is 1. The van der Waals surface area contributed by atoms with Gasteiger partial charge in [0.15, 0.2) is 0 Å². The van der Waals surface area contributed by atoms with E-state index in [-0.39, 0.29) is 11.8 Å². The number of benzene rings is 1. The maximum absolute atomic E-state index is 11.4. The number of aromatic nitrogens is 4. The Morgan fingerprint density at radius 2 is 1.93 bits per heavy atom. The number of hydrogen-bond donors (Lipinski definition) is 2. The Morgan fingerprint density at radius 1 is 1.19 bits per heavy atom. The van der Waals surface area contributed by atoms with E-state index in [0.29, 0.717) is 29.9 Å². The van der Waals surface area contributed by atoms with Gasteiger partial charge < -0.3 is 15.6 Å². The Labute approximate surface area is 161 Å². The lowest BCUT2D eigenvalue weighted by Gasteiger charge is -2.30. The minimum atomic E-state index is -0.231. The van der Waals surface area contributed by atoms with Crippen molar-refractivity contribution in [3.8, 4) is 22.6 Å². The summed E-state index contributed by atoms with van der Waals surface area (Å²) in [5.74, 6) is 1.04. The van der Waals surface area contributed by atoms with Gasteiger partial charge in [0, 0.05) is 48.2 Å². The largest absolute Gasteiger partial charge is 0.369 e. The number of anilines is 1. The van der Waals surface area contributed by atoms with E-state index in [1.165, 1.54) is 0 Å². The SMILES string of the molecule is NC(=O)C1CCN(c2ncc(-c3ncc[nH]3)c(-c3ccc(Cl)cc3)n2)CC1. The fourth-order valence-electron chi connectivity index (χ4n) is 3.30. The third-order valence-corrected chi connectivity index (χ3v) is 5.08. The predicted octanol–water partition coefficient (Wildman–Crippen LogP) is 2.89. The molecule has 0 atom stereocenters. The van der Waals surface area contributed by atoms with E-state index in [9.17, 15) is 4.79 Å². The molecule has 1 fully saturated rings. The number of halogens is 1. The van der Waals surface area contributed by atoms with E-state index < -0.39 is 0 Å². The average Bonchev–Trinajstić information content (AvgIpc) is 3.23. The number of hydrogen-bond acceptors (Lipinski definition) is 5. The molecule has 3 heterocycles. The third kappa shape index (κ3) is 3.64. The van der Waals surface area contributed by atoms with Crippen molar-refractivity contribution in [1.29, 1.82) is 0 Å². The van der Waals surface area contributed by atoms with Crippen molar-refractivity contribution in [2.24, 2.45) is 11.7 Å². The molecule has 8 heteroatoms. The van der Waals surface area contributed by atoms with Crippen molar-refractivity contribution >= 4 is 23.5 Å². The standard InChI is InChI=1S/C19H19ClN6O/c20-14-3-1-12(2-4-14)16-15(18-22-7-8-23-18)11-24-19(25-16)26-9-5-13(6-10-26)17(21)27/h1-4,7-8,11,13H,5-6,9-10H2,(H2,21,27)(H,22,23). The predicted molar refractivity (Wildman–Crippen MR) is 104 cm³/mol. The molecule has 0 aliphatic carbocycles. The molecular formula is C19H19ClN6O. The van der Waals surface area contributed by atoms with Gasteiger partial charge in [0.25, 0.3) is 0 Å². The second kappa shape index (κ2) is 7.36. The highest BCUT2D eigenvalue weighted by Crippen LogP contribution is 2.31. The van der Waals surface area contributed by atoms with Gasteiger partial charge in [-0.2, -0.15) is 0 Å². The zero-order valence-electron chi connectivity index (χ0n) is 14.6. The maximum atomic E-state index is 11.4. The van der Waals surface area contributed by atoms with Gasteiger partial charge in [0.05, 0.1) is 11.3 Å². The molecule has 2 aromatic heterocycles. The van der Waals surface area contributed by atoms with Gasteiger partial charge in [-0.05, 0) is 25.0 Å². The highest BCUT2D eigenvalue weighted by atomic mass is 35.5. The van der Waals surface area contributed by atoms with E-state index in [2.05, 4.69) is 19.9 Å². The summed E-state index contributed by atoms with van der Waals surface area (Å²) in [4.78, 5) is 30.3. The number of nitrogens with one attached hydrogen (secondary N) is 1. The first-order valence-corrected chi connectivity index (χ1v) is 9.16. The number of nitrogens with two attached hydrogens (primary N) is 1. The van der Waals surface area contributed by atoms with Crippen molar-refractivity contribution in [3.05, 3.63) is 47.9 Å². The van der Waals surface area contributed by atoms with Crippen LogP contribution >= 0.6 is 11.6 Å². The quantitative estimate of drug-likeness (QED) is 0.722. The number of amides is 1. The third-order valence-electron chi connectivity index (χ3n) is 4.83. The Balaban J connectivity index is 1.70. The Kier molecular flexibility index (Phi) is 4.77. The van der Waals surface area contributed by atoms with Gasteiger partial charge in [-0.15, -0.1) is 0 Å². The monoisotopic (exact) mass is 382 g/mol. The molecule has 4 rings (SSSR count). The lowest BCUT2D eigenvalue weighted by Crippen LogP contribution is -2.39. The van der Waals surface area contributed by atoms with Crippen molar-refractivity contribution < 1.29 is 4.79 Å². The van der Waals surface area contributed by atoms with Crippen LogP contribution in [0.1, 0.15) is 12.8 Å². The van der Waals surface area contributed by atoms with Crippen molar-refractivity contribution in [1.82, 2.24) is 19.9 Å². The number of imidazole rings is 1. The molecule has 1 amide bonds. The molecule has 1 saturated heterocycles. The summed E-state index contributed by atoms with van der Waals surface area (Å²) in [5.41, 5.74) is 7.96. The fourth-order valence-corrected chi connectivity index (χ4v) is 3.43. The number of rotatable bonds is 4. The normalized spacial score (nSPS) is 15.1.